The molecular formula is C16H19ClN2O. The van der Waals surface area contributed by atoms with E-state index in [9.17, 15) is 0 Å². The molecule has 0 spiro atoms. The van der Waals surface area contributed by atoms with Crippen LogP contribution in [0.5, 0.6) is 0 Å². The molecule has 0 N–H and O–H groups in total. The van der Waals surface area contributed by atoms with Gasteiger partial charge in [0.25, 0.3) is 0 Å². The van der Waals surface area contributed by atoms with Gasteiger partial charge in [0, 0.05) is 24.2 Å². The third-order valence-electron chi connectivity index (χ3n) is 3.64. The second kappa shape index (κ2) is 5.58. The van der Waals surface area contributed by atoms with Gasteiger partial charge in [-0.05, 0) is 26.0 Å². The molecule has 0 radical (unpaired) electrons. The number of fused-ring (bicyclic) bond motifs is 1. The molecule has 20 heavy (non-hydrogen) atoms. The molecule has 2 heterocycles. The summed E-state index contributed by atoms with van der Waals surface area (Å²) < 4.78 is 5.82. The maximum Gasteiger partial charge on any atom is 0.0726 e. The second-order valence-electron chi connectivity index (χ2n) is 5.45. The van der Waals surface area contributed by atoms with Crippen molar-refractivity contribution >= 4 is 28.2 Å². The minimum atomic E-state index is 0.241. The molecule has 1 aromatic carbocycles. The first kappa shape index (κ1) is 13.7. The van der Waals surface area contributed by atoms with Gasteiger partial charge in [0.1, 0.15) is 0 Å². The lowest BCUT2D eigenvalue weighted by molar-refractivity contribution is -0.00513. The highest BCUT2D eigenvalue weighted by Crippen LogP contribution is 2.29. The second-order valence-corrected chi connectivity index (χ2v) is 5.71. The summed E-state index contributed by atoms with van der Waals surface area (Å²) >= 11 is 5.99. The minimum Gasteiger partial charge on any atom is -0.372 e. The fourth-order valence-electron chi connectivity index (χ4n) is 2.91. The summed E-state index contributed by atoms with van der Waals surface area (Å²) in [5, 5.41) is 1.18. The van der Waals surface area contributed by atoms with Crippen LogP contribution in [0.1, 0.15) is 19.5 Å². The Morgan fingerprint density at radius 2 is 1.95 bits per heavy atom. The van der Waals surface area contributed by atoms with E-state index in [-0.39, 0.29) is 12.2 Å². The highest BCUT2D eigenvalue weighted by Gasteiger charge is 2.24. The summed E-state index contributed by atoms with van der Waals surface area (Å²) in [7, 11) is 0. The van der Waals surface area contributed by atoms with Crippen LogP contribution in [-0.2, 0) is 10.6 Å². The van der Waals surface area contributed by atoms with Gasteiger partial charge < -0.3 is 9.64 Å². The lowest BCUT2D eigenvalue weighted by Crippen LogP contribution is -2.45. The van der Waals surface area contributed by atoms with E-state index < -0.39 is 0 Å². The van der Waals surface area contributed by atoms with Crippen LogP contribution >= 0.6 is 11.6 Å². The molecule has 3 rings (SSSR count). The molecule has 0 aliphatic carbocycles. The van der Waals surface area contributed by atoms with Crippen LogP contribution in [0.15, 0.2) is 30.3 Å². The van der Waals surface area contributed by atoms with Crippen LogP contribution in [0, 0.1) is 0 Å². The molecule has 2 aromatic rings. The third-order valence-corrected chi connectivity index (χ3v) is 3.92. The topological polar surface area (TPSA) is 25.4 Å². The molecule has 2 atom stereocenters. The van der Waals surface area contributed by atoms with Gasteiger partial charge >= 0.3 is 0 Å². The summed E-state index contributed by atoms with van der Waals surface area (Å²) in [4.78, 5) is 6.99. The molecule has 1 aliphatic rings. The number of halogens is 1. The average Bonchev–Trinajstić information content (AvgIpc) is 2.45. The molecule has 4 heteroatoms. The number of anilines is 1. The maximum atomic E-state index is 5.99. The smallest absolute Gasteiger partial charge is 0.0726 e. The number of hydrogen-bond donors (Lipinski definition) is 0. The number of rotatable bonds is 2. The fraction of sp³-hybridized carbons (Fsp3) is 0.438. The van der Waals surface area contributed by atoms with E-state index >= 15 is 0 Å². The number of benzene rings is 1. The van der Waals surface area contributed by atoms with Crippen molar-refractivity contribution in [3.63, 3.8) is 0 Å². The summed E-state index contributed by atoms with van der Waals surface area (Å²) in [6, 6.07) is 10.4. The standard InChI is InChI=1S/C16H19ClN2O/c1-11-9-19(10-12(2)20-11)16-7-13(8-17)18-15-6-4-3-5-14(15)16/h3-7,11-12H,8-10H2,1-2H3. The highest BCUT2D eigenvalue weighted by atomic mass is 35.5. The summed E-state index contributed by atoms with van der Waals surface area (Å²) in [6.07, 6.45) is 0.482. The number of morpholine rings is 1. The molecule has 3 nitrogen and oxygen atoms in total. The van der Waals surface area contributed by atoms with Gasteiger partial charge in [-0.25, -0.2) is 0 Å². The number of para-hydroxylation sites is 1. The Kier molecular flexibility index (Phi) is 3.81. The van der Waals surface area contributed by atoms with Gasteiger partial charge in [0.2, 0.25) is 0 Å². The quantitative estimate of drug-likeness (QED) is 0.791. The van der Waals surface area contributed by atoms with Gasteiger partial charge in [-0.3, -0.25) is 4.98 Å². The average molecular weight is 291 g/mol. The van der Waals surface area contributed by atoms with Gasteiger partial charge in [0.15, 0.2) is 0 Å². The molecular weight excluding hydrogens is 272 g/mol. The Labute approximate surface area is 124 Å². The van der Waals surface area contributed by atoms with Crippen molar-refractivity contribution in [2.75, 3.05) is 18.0 Å². The Hall–Kier alpha value is -1.32. The Morgan fingerprint density at radius 3 is 2.65 bits per heavy atom. The molecule has 1 aromatic heterocycles. The molecule has 2 unspecified atom stereocenters. The molecule has 0 bridgehead atoms. The molecule has 0 amide bonds. The summed E-state index contributed by atoms with van der Waals surface area (Å²) in [5.74, 6) is 0.438. The third kappa shape index (κ3) is 2.60. The van der Waals surface area contributed by atoms with E-state index in [2.05, 4.69) is 41.9 Å². The van der Waals surface area contributed by atoms with E-state index in [0.29, 0.717) is 5.88 Å². The van der Waals surface area contributed by atoms with Crippen molar-refractivity contribution in [3.8, 4) is 0 Å². The normalized spacial score (nSPS) is 23.2. The lowest BCUT2D eigenvalue weighted by Gasteiger charge is -2.37. The van der Waals surface area contributed by atoms with Crippen LogP contribution in [0.4, 0.5) is 5.69 Å². The predicted molar refractivity (Wildman–Crippen MR) is 83.5 cm³/mol. The van der Waals surface area contributed by atoms with E-state index in [0.717, 1.165) is 24.3 Å². The zero-order valence-corrected chi connectivity index (χ0v) is 12.6. The molecule has 1 saturated heterocycles. The maximum absolute atomic E-state index is 5.99. The largest absolute Gasteiger partial charge is 0.372 e. The first-order valence-electron chi connectivity index (χ1n) is 7.02. The van der Waals surface area contributed by atoms with Gasteiger partial charge in [-0.1, -0.05) is 18.2 Å². The van der Waals surface area contributed by atoms with E-state index in [4.69, 9.17) is 16.3 Å². The predicted octanol–water partition coefficient (Wildman–Crippen LogP) is 3.59. The number of aromatic nitrogens is 1. The van der Waals surface area contributed by atoms with Crippen LogP contribution in [0.2, 0.25) is 0 Å². The van der Waals surface area contributed by atoms with Crippen LogP contribution in [0.3, 0.4) is 0 Å². The minimum absolute atomic E-state index is 0.241. The van der Waals surface area contributed by atoms with Crippen LogP contribution in [-0.4, -0.2) is 30.3 Å². The Balaban J connectivity index is 2.09. The fourth-order valence-corrected chi connectivity index (χ4v) is 3.05. The van der Waals surface area contributed by atoms with Crippen LogP contribution < -0.4 is 4.90 Å². The van der Waals surface area contributed by atoms with Crippen molar-refractivity contribution in [1.82, 2.24) is 4.98 Å². The lowest BCUT2D eigenvalue weighted by atomic mass is 10.1. The van der Waals surface area contributed by atoms with E-state index in [1.165, 1.54) is 11.1 Å². The number of hydrogen-bond acceptors (Lipinski definition) is 3. The van der Waals surface area contributed by atoms with Crippen molar-refractivity contribution in [2.24, 2.45) is 0 Å². The number of pyridine rings is 1. The monoisotopic (exact) mass is 290 g/mol. The van der Waals surface area contributed by atoms with Crippen molar-refractivity contribution in [3.05, 3.63) is 36.0 Å². The van der Waals surface area contributed by atoms with Crippen molar-refractivity contribution in [1.29, 1.82) is 0 Å². The number of alkyl halides is 1. The Morgan fingerprint density at radius 1 is 1.25 bits per heavy atom. The molecule has 1 fully saturated rings. The molecule has 1 aliphatic heterocycles. The van der Waals surface area contributed by atoms with Gasteiger partial charge in [-0.2, -0.15) is 0 Å². The van der Waals surface area contributed by atoms with Gasteiger partial charge in [0.05, 0.1) is 29.3 Å². The zero-order chi connectivity index (χ0) is 14.1. The highest BCUT2D eigenvalue weighted by molar-refractivity contribution is 6.17. The number of ether oxygens (including phenoxy) is 1. The summed E-state index contributed by atoms with van der Waals surface area (Å²) in [6.45, 7) is 6.04. The van der Waals surface area contributed by atoms with E-state index in [1.807, 2.05) is 12.1 Å². The Bertz CT molecular complexity index is 606. The number of nitrogens with zero attached hydrogens (tertiary/aromatic N) is 2. The van der Waals surface area contributed by atoms with Gasteiger partial charge in [-0.15, -0.1) is 11.6 Å². The van der Waals surface area contributed by atoms with Crippen LogP contribution in [0.25, 0.3) is 10.9 Å². The van der Waals surface area contributed by atoms with E-state index in [1.54, 1.807) is 0 Å². The molecule has 106 valence electrons. The SMILES string of the molecule is CC1CN(c2cc(CCl)nc3ccccc23)CC(C)O1. The van der Waals surface area contributed by atoms with Crippen molar-refractivity contribution < 1.29 is 4.74 Å². The first-order valence-corrected chi connectivity index (χ1v) is 7.56. The molecule has 0 saturated carbocycles. The van der Waals surface area contributed by atoms with Crippen molar-refractivity contribution in [2.45, 2.75) is 31.9 Å². The summed E-state index contributed by atoms with van der Waals surface area (Å²) in [5.41, 5.74) is 3.15. The first-order chi connectivity index (χ1) is 9.67. The zero-order valence-electron chi connectivity index (χ0n) is 11.8.